The number of likely N-dealkylation sites (N-methyl/N-ethyl adjacent to an activating group) is 1. The van der Waals surface area contributed by atoms with Gasteiger partial charge in [-0.1, -0.05) is 37.6 Å². The van der Waals surface area contributed by atoms with E-state index >= 15 is 0 Å². The molecule has 0 saturated carbocycles. The first kappa shape index (κ1) is 14.5. The Morgan fingerprint density at radius 3 is 2.86 bits per heavy atom. The van der Waals surface area contributed by atoms with Crippen LogP contribution in [0.1, 0.15) is 19.4 Å². The molecule has 2 nitrogen and oxygen atoms in total. The van der Waals surface area contributed by atoms with E-state index in [1.807, 2.05) is 12.3 Å². The standard InChI is InChI=1S/C18H17N2.Ir/c1-18(2)11-20(3)15-9-8-14-13(16(15)18)7-6-12-5-4-10-19-17(12)14;/h4-7,9-10H,11H2,1-3H3;/q-1;. The van der Waals surface area contributed by atoms with E-state index in [9.17, 15) is 0 Å². The molecule has 0 aliphatic carbocycles. The van der Waals surface area contributed by atoms with Crippen LogP contribution in [0.2, 0.25) is 0 Å². The molecule has 0 fully saturated rings. The number of pyridine rings is 1. The third-order valence-corrected chi connectivity index (χ3v) is 4.37. The number of fused-ring (bicyclic) bond motifs is 5. The first-order valence-corrected chi connectivity index (χ1v) is 7.02. The average molecular weight is 454 g/mol. The molecular formula is C18H17IrN2-. The number of aromatic nitrogens is 1. The van der Waals surface area contributed by atoms with Crippen LogP contribution in [-0.4, -0.2) is 18.6 Å². The van der Waals surface area contributed by atoms with Gasteiger partial charge in [0.1, 0.15) is 0 Å². The van der Waals surface area contributed by atoms with E-state index in [1.54, 1.807) is 0 Å². The van der Waals surface area contributed by atoms with Gasteiger partial charge in [0.15, 0.2) is 0 Å². The minimum Gasteiger partial charge on any atom is -0.412 e. The topological polar surface area (TPSA) is 16.1 Å². The second-order valence-electron chi connectivity index (χ2n) is 6.35. The van der Waals surface area contributed by atoms with Crippen LogP contribution in [0.25, 0.3) is 21.7 Å². The van der Waals surface area contributed by atoms with E-state index < -0.39 is 0 Å². The predicted octanol–water partition coefficient (Wildman–Crippen LogP) is 3.91. The van der Waals surface area contributed by atoms with Gasteiger partial charge in [0.2, 0.25) is 0 Å². The fraction of sp³-hybridized carbons (Fsp3) is 0.278. The predicted molar refractivity (Wildman–Crippen MR) is 84.4 cm³/mol. The van der Waals surface area contributed by atoms with Gasteiger partial charge in [0.05, 0.1) is 0 Å². The van der Waals surface area contributed by atoms with Gasteiger partial charge in [-0.05, 0) is 35.1 Å². The number of nitrogens with zero attached hydrogens (tertiary/aromatic N) is 2. The fourth-order valence-electron chi connectivity index (χ4n) is 3.62. The maximum Gasteiger partial charge on any atom is 0.0163 e. The van der Waals surface area contributed by atoms with Crippen molar-refractivity contribution in [2.45, 2.75) is 19.3 Å². The fourth-order valence-corrected chi connectivity index (χ4v) is 3.62. The number of anilines is 1. The van der Waals surface area contributed by atoms with Crippen LogP contribution in [-0.2, 0) is 25.5 Å². The van der Waals surface area contributed by atoms with Gasteiger partial charge in [-0.3, -0.25) is 0 Å². The average Bonchev–Trinajstić information content (AvgIpc) is 2.68. The largest absolute Gasteiger partial charge is 0.412 e. The van der Waals surface area contributed by atoms with Crippen molar-refractivity contribution in [1.82, 2.24) is 4.98 Å². The first-order chi connectivity index (χ1) is 9.58. The molecule has 1 aliphatic heterocycles. The number of rotatable bonds is 0. The molecule has 3 heteroatoms. The molecule has 0 saturated heterocycles. The Morgan fingerprint density at radius 1 is 1.24 bits per heavy atom. The minimum atomic E-state index is 0. The minimum absolute atomic E-state index is 0. The van der Waals surface area contributed by atoms with Crippen molar-refractivity contribution in [3.63, 3.8) is 0 Å². The van der Waals surface area contributed by atoms with E-state index in [0.29, 0.717) is 0 Å². The van der Waals surface area contributed by atoms with Crippen molar-refractivity contribution in [1.29, 1.82) is 0 Å². The Bertz CT molecular complexity index is 839. The molecule has 21 heavy (non-hydrogen) atoms. The smallest absolute Gasteiger partial charge is 0.0163 e. The van der Waals surface area contributed by atoms with Crippen LogP contribution >= 0.6 is 0 Å². The van der Waals surface area contributed by atoms with Crippen LogP contribution in [0, 0.1) is 6.07 Å². The molecule has 0 atom stereocenters. The van der Waals surface area contributed by atoms with Gasteiger partial charge in [0.25, 0.3) is 0 Å². The Balaban J connectivity index is 0.00000132. The molecule has 109 valence electrons. The van der Waals surface area contributed by atoms with E-state index in [0.717, 1.165) is 17.4 Å². The molecule has 0 amide bonds. The molecule has 1 aromatic heterocycles. The molecule has 4 rings (SSSR count). The van der Waals surface area contributed by atoms with E-state index in [2.05, 4.69) is 61.1 Å². The van der Waals surface area contributed by atoms with Gasteiger partial charge in [0, 0.05) is 32.8 Å². The third-order valence-electron chi connectivity index (χ3n) is 4.37. The second kappa shape index (κ2) is 4.79. The number of hydrogen-bond acceptors (Lipinski definition) is 2. The molecule has 0 bridgehead atoms. The third kappa shape index (κ3) is 1.99. The summed E-state index contributed by atoms with van der Waals surface area (Å²) in [5, 5.41) is 3.62. The Hall–Kier alpha value is -1.44. The van der Waals surface area contributed by atoms with E-state index in [1.165, 1.54) is 22.0 Å². The van der Waals surface area contributed by atoms with Crippen molar-refractivity contribution in [3.05, 3.63) is 48.2 Å². The van der Waals surface area contributed by atoms with Crippen LogP contribution in [0.15, 0.2) is 36.5 Å². The summed E-state index contributed by atoms with van der Waals surface area (Å²) in [6, 6.07) is 14.1. The Labute approximate surface area is 138 Å². The summed E-state index contributed by atoms with van der Waals surface area (Å²) in [5.74, 6) is 0. The van der Waals surface area contributed by atoms with Gasteiger partial charge in [-0.25, -0.2) is 0 Å². The maximum atomic E-state index is 4.56. The molecule has 0 unspecified atom stereocenters. The van der Waals surface area contributed by atoms with Crippen molar-refractivity contribution in [3.8, 4) is 0 Å². The van der Waals surface area contributed by atoms with Crippen LogP contribution in [0.4, 0.5) is 5.69 Å². The molecule has 0 spiro atoms. The summed E-state index contributed by atoms with van der Waals surface area (Å²) in [6.07, 6.45) is 1.86. The van der Waals surface area contributed by atoms with Crippen molar-refractivity contribution in [2.24, 2.45) is 0 Å². The van der Waals surface area contributed by atoms with Gasteiger partial charge in [-0.15, -0.1) is 22.9 Å². The Kier molecular flexibility index (Phi) is 3.31. The van der Waals surface area contributed by atoms with Crippen molar-refractivity contribution in [2.75, 3.05) is 18.5 Å². The molecule has 2 aromatic carbocycles. The summed E-state index contributed by atoms with van der Waals surface area (Å²) in [4.78, 5) is 6.88. The zero-order chi connectivity index (χ0) is 13.9. The zero-order valence-electron chi connectivity index (χ0n) is 12.4. The summed E-state index contributed by atoms with van der Waals surface area (Å²) in [6.45, 7) is 5.68. The molecular weight excluding hydrogens is 436 g/mol. The van der Waals surface area contributed by atoms with Crippen LogP contribution in [0.5, 0.6) is 0 Å². The van der Waals surface area contributed by atoms with Crippen LogP contribution in [0.3, 0.4) is 0 Å². The summed E-state index contributed by atoms with van der Waals surface area (Å²) in [5.41, 5.74) is 3.96. The van der Waals surface area contributed by atoms with Gasteiger partial charge >= 0.3 is 0 Å². The zero-order valence-corrected chi connectivity index (χ0v) is 14.8. The van der Waals surface area contributed by atoms with Crippen LogP contribution < -0.4 is 4.90 Å². The monoisotopic (exact) mass is 454 g/mol. The quantitative estimate of drug-likeness (QED) is 0.379. The Morgan fingerprint density at radius 2 is 2.05 bits per heavy atom. The second-order valence-corrected chi connectivity index (χ2v) is 6.35. The number of hydrogen-bond donors (Lipinski definition) is 0. The van der Waals surface area contributed by atoms with E-state index in [4.69, 9.17) is 0 Å². The molecule has 0 N–H and O–H groups in total. The summed E-state index contributed by atoms with van der Waals surface area (Å²) >= 11 is 0. The normalized spacial score (nSPS) is 16.0. The SMILES string of the molecule is CN1CC(C)(C)c2c1c[c-]c1c2ccc2cccnc21.[Ir]. The summed E-state index contributed by atoms with van der Waals surface area (Å²) in [7, 11) is 2.16. The molecule has 1 radical (unpaired) electrons. The summed E-state index contributed by atoms with van der Waals surface area (Å²) < 4.78 is 0. The van der Waals surface area contributed by atoms with Gasteiger partial charge < -0.3 is 9.88 Å². The number of benzene rings is 2. The molecule has 2 heterocycles. The van der Waals surface area contributed by atoms with Crippen molar-refractivity contribution >= 4 is 27.4 Å². The van der Waals surface area contributed by atoms with Crippen molar-refractivity contribution < 1.29 is 20.1 Å². The molecule has 3 aromatic rings. The van der Waals surface area contributed by atoms with Gasteiger partial charge in [-0.2, -0.15) is 0 Å². The first-order valence-electron chi connectivity index (χ1n) is 7.02. The van der Waals surface area contributed by atoms with E-state index in [-0.39, 0.29) is 25.5 Å². The maximum absolute atomic E-state index is 4.56. The molecule has 1 aliphatic rings.